The van der Waals surface area contributed by atoms with Crippen molar-refractivity contribution in [2.45, 2.75) is 6.54 Å². The highest BCUT2D eigenvalue weighted by molar-refractivity contribution is 5.45. The molecule has 0 atom stereocenters. The van der Waals surface area contributed by atoms with Crippen LogP contribution < -0.4 is 20.1 Å². The lowest BCUT2D eigenvalue weighted by molar-refractivity contribution is 0.397. The average molecular weight is 274 g/mol. The molecule has 1 heterocycles. The first kappa shape index (κ1) is 13.9. The Morgan fingerprint density at radius 2 is 1.80 bits per heavy atom. The number of benzene rings is 1. The molecule has 0 aliphatic heterocycles. The first-order valence-electron chi connectivity index (χ1n) is 6.15. The van der Waals surface area contributed by atoms with Crippen molar-refractivity contribution < 1.29 is 9.47 Å². The Bertz CT molecular complexity index is 572. The van der Waals surface area contributed by atoms with E-state index in [4.69, 9.17) is 15.2 Å². The molecule has 0 spiro atoms. The van der Waals surface area contributed by atoms with E-state index in [0.717, 1.165) is 11.3 Å². The van der Waals surface area contributed by atoms with Gasteiger partial charge in [-0.3, -0.25) is 0 Å². The number of ether oxygens (including phenoxy) is 2. The molecular weight excluding hydrogens is 256 g/mol. The lowest BCUT2D eigenvalue weighted by atomic mass is 10.2. The fourth-order valence-electron chi connectivity index (χ4n) is 1.82. The van der Waals surface area contributed by atoms with Gasteiger partial charge in [0.05, 0.1) is 14.2 Å². The second-order valence-corrected chi connectivity index (χ2v) is 4.33. The number of anilines is 2. The van der Waals surface area contributed by atoms with E-state index in [1.54, 1.807) is 20.3 Å². The molecule has 6 nitrogen and oxygen atoms in total. The van der Waals surface area contributed by atoms with Gasteiger partial charge in [-0.05, 0) is 17.7 Å². The van der Waals surface area contributed by atoms with Crippen molar-refractivity contribution in [3.63, 3.8) is 0 Å². The van der Waals surface area contributed by atoms with Crippen LogP contribution in [0.2, 0.25) is 0 Å². The van der Waals surface area contributed by atoms with E-state index in [0.29, 0.717) is 18.2 Å². The summed E-state index contributed by atoms with van der Waals surface area (Å²) in [5.74, 6) is 2.20. The summed E-state index contributed by atoms with van der Waals surface area (Å²) in [6, 6.07) is 9.63. The van der Waals surface area contributed by atoms with Crippen LogP contribution in [0.25, 0.3) is 0 Å². The predicted octanol–water partition coefficient (Wildman–Crippen LogP) is 1.71. The fourth-order valence-corrected chi connectivity index (χ4v) is 1.82. The maximum absolute atomic E-state index is 5.66. The van der Waals surface area contributed by atoms with Gasteiger partial charge in [0.1, 0.15) is 11.6 Å². The van der Waals surface area contributed by atoms with Crippen LogP contribution >= 0.6 is 0 Å². The van der Waals surface area contributed by atoms with Crippen molar-refractivity contribution in [3.8, 4) is 11.6 Å². The number of rotatable bonds is 5. The van der Waals surface area contributed by atoms with Crippen LogP contribution in [0.15, 0.2) is 30.3 Å². The number of nitrogens with zero attached hydrogens (tertiary/aromatic N) is 3. The summed E-state index contributed by atoms with van der Waals surface area (Å²) in [5.41, 5.74) is 6.80. The normalized spacial score (nSPS) is 10.2. The highest BCUT2D eigenvalue weighted by Crippen LogP contribution is 2.20. The van der Waals surface area contributed by atoms with Gasteiger partial charge in [0, 0.05) is 19.7 Å². The second kappa shape index (κ2) is 6.10. The Hall–Kier alpha value is -2.50. The van der Waals surface area contributed by atoms with Crippen molar-refractivity contribution in [2.24, 2.45) is 0 Å². The van der Waals surface area contributed by atoms with Crippen molar-refractivity contribution in [3.05, 3.63) is 35.9 Å². The minimum absolute atomic E-state index is 0.195. The molecule has 0 fully saturated rings. The average Bonchev–Trinajstić information content (AvgIpc) is 2.47. The lowest BCUT2D eigenvalue weighted by Gasteiger charge is -2.19. The molecule has 0 bridgehead atoms. The van der Waals surface area contributed by atoms with Crippen LogP contribution in [0, 0.1) is 0 Å². The highest BCUT2D eigenvalue weighted by atomic mass is 16.5. The van der Waals surface area contributed by atoms with Crippen LogP contribution in [0.1, 0.15) is 5.56 Å². The summed E-state index contributed by atoms with van der Waals surface area (Å²) in [4.78, 5) is 10.1. The molecular formula is C14H18N4O2. The van der Waals surface area contributed by atoms with Crippen molar-refractivity contribution in [1.82, 2.24) is 9.97 Å². The number of nitrogens with two attached hydrogens (primary N) is 1. The van der Waals surface area contributed by atoms with Gasteiger partial charge in [0.25, 0.3) is 0 Å². The zero-order valence-corrected chi connectivity index (χ0v) is 11.8. The number of aromatic nitrogens is 2. The van der Waals surface area contributed by atoms with Crippen LogP contribution in [0.4, 0.5) is 11.8 Å². The molecule has 1 aromatic heterocycles. The van der Waals surface area contributed by atoms with Crippen molar-refractivity contribution >= 4 is 11.8 Å². The number of hydrogen-bond acceptors (Lipinski definition) is 6. The first-order valence-corrected chi connectivity index (χ1v) is 6.15. The van der Waals surface area contributed by atoms with Gasteiger partial charge < -0.3 is 20.1 Å². The molecule has 0 aliphatic rings. The summed E-state index contributed by atoms with van der Waals surface area (Å²) in [5, 5.41) is 0. The molecule has 106 valence electrons. The minimum atomic E-state index is 0.195. The maximum atomic E-state index is 5.66. The first-order chi connectivity index (χ1) is 9.62. The van der Waals surface area contributed by atoms with E-state index in [-0.39, 0.29) is 5.95 Å². The zero-order valence-electron chi connectivity index (χ0n) is 11.8. The number of hydrogen-bond donors (Lipinski definition) is 1. The van der Waals surface area contributed by atoms with E-state index in [9.17, 15) is 0 Å². The molecule has 2 rings (SSSR count). The topological polar surface area (TPSA) is 73.5 Å². The Morgan fingerprint density at radius 1 is 1.10 bits per heavy atom. The maximum Gasteiger partial charge on any atom is 0.225 e. The molecule has 1 aromatic carbocycles. The zero-order chi connectivity index (χ0) is 14.5. The van der Waals surface area contributed by atoms with E-state index in [2.05, 4.69) is 9.97 Å². The minimum Gasteiger partial charge on any atom is -0.497 e. The van der Waals surface area contributed by atoms with Gasteiger partial charge >= 0.3 is 0 Å². The summed E-state index contributed by atoms with van der Waals surface area (Å²) in [6.07, 6.45) is 0. The monoisotopic (exact) mass is 274 g/mol. The largest absolute Gasteiger partial charge is 0.497 e. The lowest BCUT2D eigenvalue weighted by Crippen LogP contribution is -2.18. The Morgan fingerprint density at radius 3 is 2.40 bits per heavy atom. The van der Waals surface area contributed by atoms with Gasteiger partial charge in [-0.2, -0.15) is 9.97 Å². The molecule has 0 saturated heterocycles. The second-order valence-electron chi connectivity index (χ2n) is 4.33. The Kier molecular flexibility index (Phi) is 4.24. The molecule has 2 aromatic rings. The quantitative estimate of drug-likeness (QED) is 0.894. The molecule has 0 saturated carbocycles. The standard InChI is InChI=1S/C14H18N4O2/c1-18(9-10-4-6-11(19-2)7-5-10)12-8-13(20-3)17-14(15)16-12/h4-8H,9H2,1-3H3,(H2,15,16,17). The van der Waals surface area contributed by atoms with Crippen LogP contribution in [-0.2, 0) is 6.54 Å². The van der Waals surface area contributed by atoms with Gasteiger partial charge in [-0.15, -0.1) is 0 Å². The predicted molar refractivity (Wildman–Crippen MR) is 78.1 cm³/mol. The highest BCUT2D eigenvalue weighted by Gasteiger charge is 2.08. The summed E-state index contributed by atoms with van der Waals surface area (Å²) >= 11 is 0. The smallest absolute Gasteiger partial charge is 0.225 e. The Balaban J connectivity index is 2.14. The van der Waals surface area contributed by atoms with Gasteiger partial charge in [0.15, 0.2) is 0 Å². The molecule has 0 amide bonds. The van der Waals surface area contributed by atoms with Crippen molar-refractivity contribution in [2.75, 3.05) is 31.9 Å². The number of nitrogen functional groups attached to an aromatic ring is 1. The van der Waals surface area contributed by atoms with Crippen LogP contribution in [0.3, 0.4) is 0 Å². The van der Waals surface area contributed by atoms with E-state index >= 15 is 0 Å². The van der Waals surface area contributed by atoms with Gasteiger partial charge in [-0.25, -0.2) is 0 Å². The third kappa shape index (κ3) is 3.28. The Labute approximate surface area is 118 Å². The SMILES string of the molecule is COc1ccc(CN(C)c2cc(OC)nc(N)n2)cc1. The van der Waals surface area contributed by atoms with Crippen LogP contribution in [-0.4, -0.2) is 31.2 Å². The molecule has 0 radical (unpaired) electrons. The fraction of sp³-hybridized carbons (Fsp3) is 0.286. The van der Waals surface area contributed by atoms with E-state index in [1.807, 2.05) is 36.2 Å². The molecule has 2 N–H and O–H groups in total. The third-order valence-electron chi connectivity index (χ3n) is 2.89. The summed E-state index contributed by atoms with van der Waals surface area (Å²) in [6.45, 7) is 0.698. The van der Waals surface area contributed by atoms with Crippen molar-refractivity contribution in [1.29, 1.82) is 0 Å². The van der Waals surface area contributed by atoms with Gasteiger partial charge in [-0.1, -0.05) is 12.1 Å². The summed E-state index contributed by atoms with van der Waals surface area (Å²) in [7, 11) is 5.14. The molecule has 6 heteroatoms. The molecule has 0 aliphatic carbocycles. The van der Waals surface area contributed by atoms with Gasteiger partial charge in [0.2, 0.25) is 11.8 Å². The summed E-state index contributed by atoms with van der Waals surface area (Å²) < 4.78 is 10.2. The van der Waals surface area contributed by atoms with E-state index < -0.39 is 0 Å². The molecule has 0 unspecified atom stereocenters. The molecule has 20 heavy (non-hydrogen) atoms. The third-order valence-corrected chi connectivity index (χ3v) is 2.89. The number of methoxy groups -OCH3 is 2. The van der Waals surface area contributed by atoms with E-state index in [1.165, 1.54) is 0 Å². The van der Waals surface area contributed by atoms with Crippen LogP contribution in [0.5, 0.6) is 11.6 Å².